The Morgan fingerprint density at radius 2 is 1.82 bits per heavy atom. The third-order valence-electron chi connectivity index (χ3n) is 1.85. The Morgan fingerprint density at radius 1 is 1.27 bits per heavy atom. The van der Waals surface area contributed by atoms with Gasteiger partial charge in [0, 0.05) is 0 Å². The van der Waals surface area contributed by atoms with Crippen molar-refractivity contribution < 1.29 is 5.11 Å². The number of aliphatic hydroxyl groups excluding tert-OH is 1. The summed E-state index contributed by atoms with van der Waals surface area (Å²) in [6.07, 6.45) is 0.485. The molecular formula is C10H14O. The van der Waals surface area contributed by atoms with Crippen LogP contribution >= 0.6 is 0 Å². The normalized spacial score (nSPS) is 13.0. The average Bonchev–Trinajstić information content (AvgIpc) is 2.05. The number of aryl methyl sites for hydroxylation is 1. The van der Waals surface area contributed by atoms with Crippen molar-refractivity contribution in [2.75, 3.05) is 0 Å². The predicted molar refractivity (Wildman–Crippen MR) is 46.4 cm³/mol. The van der Waals surface area contributed by atoms with Crippen molar-refractivity contribution in [3.05, 3.63) is 35.4 Å². The molecule has 1 heteroatoms. The zero-order chi connectivity index (χ0) is 8.27. The first-order chi connectivity index (χ1) is 5.24. The summed E-state index contributed by atoms with van der Waals surface area (Å²) in [4.78, 5) is 0. The van der Waals surface area contributed by atoms with Gasteiger partial charge in [0.2, 0.25) is 0 Å². The lowest BCUT2D eigenvalue weighted by Crippen LogP contribution is -1.93. The number of rotatable bonds is 2. The Hall–Kier alpha value is -0.820. The highest BCUT2D eigenvalue weighted by atomic mass is 16.3. The van der Waals surface area contributed by atoms with E-state index in [-0.39, 0.29) is 6.10 Å². The molecule has 0 aliphatic heterocycles. The van der Waals surface area contributed by atoms with Crippen molar-refractivity contribution in [3.8, 4) is 0 Å². The maximum absolute atomic E-state index is 9.42. The molecule has 0 bridgehead atoms. The minimum atomic E-state index is -0.296. The number of aliphatic hydroxyl groups is 1. The standard InChI is InChI=1S/C10H14O/c1-3-10(11)9-6-4-8(2)5-7-9/h4-7,10-11H,3H2,1-2H3. The molecule has 1 aromatic rings. The zero-order valence-electron chi connectivity index (χ0n) is 7.04. The molecule has 60 valence electrons. The molecule has 1 nitrogen and oxygen atoms in total. The van der Waals surface area contributed by atoms with Gasteiger partial charge < -0.3 is 5.11 Å². The highest BCUT2D eigenvalue weighted by Crippen LogP contribution is 2.15. The summed E-state index contributed by atoms with van der Waals surface area (Å²) in [6, 6.07) is 8.00. The van der Waals surface area contributed by atoms with E-state index in [9.17, 15) is 5.11 Å². The summed E-state index contributed by atoms with van der Waals surface area (Å²) < 4.78 is 0. The molecule has 0 radical (unpaired) electrons. The van der Waals surface area contributed by atoms with Gasteiger partial charge in [-0.2, -0.15) is 0 Å². The molecule has 0 spiro atoms. The fourth-order valence-electron chi connectivity index (χ4n) is 1.02. The Bertz CT molecular complexity index is 213. The minimum absolute atomic E-state index is 0.296. The summed E-state index contributed by atoms with van der Waals surface area (Å²) in [6.45, 7) is 4.02. The van der Waals surface area contributed by atoms with Crippen LogP contribution in [0.2, 0.25) is 0 Å². The van der Waals surface area contributed by atoms with Gasteiger partial charge in [-0.15, -0.1) is 0 Å². The van der Waals surface area contributed by atoms with Crippen LogP contribution in [0.5, 0.6) is 0 Å². The van der Waals surface area contributed by atoms with Crippen LogP contribution in [0.25, 0.3) is 0 Å². The first-order valence-corrected chi connectivity index (χ1v) is 3.98. The molecule has 1 atom stereocenters. The van der Waals surface area contributed by atoms with Crippen molar-refractivity contribution >= 4 is 0 Å². The van der Waals surface area contributed by atoms with E-state index in [0.29, 0.717) is 0 Å². The van der Waals surface area contributed by atoms with Crippen molar-refractivity contribution in [1.82, 2.24) is 0 Å². The summed E-state index contributed by atoms with van der Waals surface area (Å²) in [5, 5.41) is 9.42. The van der Waals surface area contributed by atoms with Crippen molar-refractivity contribution in [3.63, 3.8) is 0 Å². The minimum Gasteiger partial charge on any atom is -0.388 e. The molecule has 1 aromatic carbocycles. The summed E-state index contributed by atoms with van der Waals surface area (Å²) in [5.41, 5.74) is 2.25. The molecule has 0 aliphatic carbocycles. The second-order valence-electron chi connectivity index (χ2n) is 2.83. The quantitative estimate of drug-likeness (QED) is 0.686. The molecule has 0 saturated carbocycles. The van der Waals surface area contributed by atoms with Gasteiger partial charge in [-0.05, 0) is 18.9 Å². The third kappa shape index (κ3) is 2.05. The first kappa shape index (κ1) is 8.28. The van der Waals surface area contributed by atoms with E-state index in [1.54, 1.807) is 0 Å². The summed E-state index contributed by atoms with van der Waals surface area (Å²) in [5.74, 6) is 0. The van der Waals surface area contributed by atoms with Gasteiger partial charge in [-0.1, -0.05) is 36.8 Å². The summed E-state index contributed by atoms with van der Waals surface area (Å²) >= 11 is 0. The van der Waals surface area contributed by atoms with E-state index in [1.807, 2.05) is 38.1 Å². The highest BCUT2D eigenvalue weighted by Gasteiger charge is 2.01. The van der Waals surface area contributed by atoms with Gasteiger partial charge in [-0.25, -0.2) is 0 Å². The van der Waals surface area contributed by atoms with Crippen molar-refractivity contribution in [2.45, 2.75) is 26.4 Å². The fourth-order valence-corrected chi connectivity index (χ4v) is 1.02. The third-order valence-corrected chi connectivity index (χ3v) is 1.85. The van der Waals surface area contributed by atoms with Gasteiger partial charge in [0.15, 0.2) is 0 Å². The van der Waals surface area contributed by atoms with Crippen LogP contribution < -0.4 is 0 Å². The van der Waals surface area contributed by atoms with Crippen LogP contribution in [0, 0.1) is 6.92 Å². The second kappa shape index (κ2) is 3.54. The van der Waals surface area contributed by atoms with Crippen LogP contribution in [0.15, 0.2) is 24.3 Å². The van der Waals surface area contributed by atoms with E-state index in [4.69, 9.17) is 0 Å². The van der Waals surface area contributed by atoms with Crippen LogP contribution in [-0.2, 0) is 0 Å². The Kier molecular flexibility index (Phi) is 2.66. The first-order valence-electron chi connectivity index (χ1n) is 3.98. The Labute approximate surface area is 67.7 Å². The maximum Gasteiger partial charge on any atom is 0.0787 e. The predicted octanol–water partition coefficient (Wildman–Crippen LogP) is 2.44. The molecule has 1 rings (SSSR count). The molecule has 0 aliphatic rings. The zero-order valence-corrected chi connectivity index (χ0v) is 7.04. The highest BCUT2D eigenvalue weighted by molar-refractivity contribution is 5.22. The lowest BCUT2D eigenvalue weighted by Gasteiger charge is -2.07. The number of hydrogen-bond donors (Lipinski definition) is 1. The summed E-state index contributed by atoms with van der Waals surface area (Å²) in [7, 11) is 0. The molecular weight excluding hydrogens is 136 g/mol. The Balaban J connectivity index is 2.81. The Morgan fingerprint density at radius 3 is 2.27 bits per heavy atom. The van der Waals surface area contributed by atoms with Crippen LogP contribution in [0.1, 0.15) is 30.6 Å². The van der Waals surface area contributed by atoms with E-state index in [0.717, 1.165) is 12.0 Å². The average molecular weight is 150 g/mol. The van der Waals surface area contributed by atoms with Gasteiger partial charge in [0.25, 0.3) is 0 Å². The van der Waals surface area contributed by atoms with Gasteiger partial charge in [0.05, 0.1) is 6.10 Å². The molecule has 11 heavy (non-hydrogen) atoms. The number of hydrogen-bond acceptors (Lipinski definition) is 1. The van der Waals surface area contributed by atoms with Gasteiger partial charge >= 0.3 is 0 Å². The maximum atomic E-state index is 9.42. The van der Waals surface area contributed by atoms with Crippen molar-refractivity contribution in [2.24, 2.45) is 0 Å². The molecule has 1 unspecified atom stereocenters. The number of benzene rings is 1. The molecule has 0 aromatic heterocycles. The molecule has 0 heterocycles. The van der Waals surface area contributed by atoms with E-state index in [1.165, 1.54) is 5.56 Å². The van der Waals surface area contributed by atoms with Crippen LogP contribution in [0.3, 0.4) is 0 Å². The molecule has 1 N–H and O–H groups in total. The second-order valence-corrected chi connectivity index (χ2v) is 2.83. The van der Waals surface area contributed by atoms with Gasteiger partial charge in [0.1, 0.15) is 0 Å². The lowest BCUT2D eigenvalue weighted by molar-refractivity contribution is 0.173. The lowest BCUT2D eigenvalue weighted by atomic mass is 10.1. The van der Waals surface area contributed by atoms with Crippen LogP contribution in [0.4, 0.5) is 0 Å². The molecule has 0 fully saturated rings. The topological polar surface area (TPSA) is 20.2 Å². The van der Waals surface area contributed by atoms with E-state index < -0.39 is 0 Å². The van der Waals surface area contributed by atoms with E-state index in [2.05, 4.69) is 0 Å². The van der Waals surface area contributed by atoms with Crippen molar-refractivity contribution in [1.29, 1.82) is 0 Å². The van der Waals surface area contributed by atoms with E-state index >= 15 is 0 Å². The van der Waals surface area contributed by atoms with Crippen LogP contribution in [-0.4, -0.2) is 5.11 Å². The largest absolute Gasteiger partial charge is 0.388 e. The molecule has 0 saturated heterocycles. The smallest absolute Gasteiger partial charge is 0.0787 e. The SMILES string of the molecule is CCC(O)c1ccc(C)cc1. The fraction of sp³-hybridized carbons (Fsp3) is 0.400. The molecule has 0 amide bonds. The van der Waals surface area contributed by atoms with Gasteiger partial charge in [-0.3, -0.25) is 0 Å². The monoisotopic (exact) mass is 150 g/mol.